The fourth-order valence-corrected chi connectivity index (χ4v) is 4.29. The molecule has 1 N–H and O–H groups in total. The molecule has 152 valence electrons. The summed E-state index contributed by atoms with van der Waals surface area (Å²) in [6.07, 6.45) is 11.1. The number of likely N-dealkylation sites (tertiary alicyclic amines) is 1. The summed E-state index contributed by atoms with van der Waals surface area (Å²) in [4.78, 5) is 39.8. The summed E-state index contributed by atoms with van der Waals surface area (Å²) in [5.74, 6) is 0.0980. The van der Waals surface area contributed by atoms with E-state index in [1.54, 1.807) is 12.4 Å². The fraction of sp³-hybridized carbons (Fsp3) is 0.500. The van der Waals surface area contributed by atoms with Crippen LogP contribution in [0, 0.1) is 6.92 Å². The van der Waals surface area contributed by atoms with Crippen LogP contribution in [0.25, 0.3) is 0 Å². The Morgan fingerprint density at radius 3 is 2.62 bits per heavy atom. The molecule has 4 rings (SSSR count). The Labute approximate surface area is 171 Å². The maximum Gasteiger partial charge on any atom is 0.257 e. The molecule has 2 aromatic heterocycles. The van der Waals surface area contributed by atoms with Crippen LogP contribution in [0.5, 0.6) is 0 Å². The fourth-order valence-electron chi connectivity index (χ4n) is 4.29. The number of aromatic nitrogens is 3. The van der Waals surface area contributed by atoms with E-state index in [2.05, 4.69) is 20.3 Å². The summed E-state index contributed by atoms with van der Waals surface area (Å²) in [5.41, 5.74) is 2.78. The van der Waals surface area contributed by atoms with Crippen LogP contribution in [0.4, 0.5) is 0 Å². The second-order valence-corrected chi connectivity index (χ2v) is 8.04. The molecule has 2 fully saturated rings. The van der Waals surface area contributed by atoms with E-state index in [-0.39, 0.29) is 17.7 Å². The van der Waals surface area contributed by atoms with Crippen molar-refractivity contribution in [1.29, 1.82) is 0 Å². The highest BCUT2D eigenvalue weighted by Gasteiger charge is 2.27. The molecule has 0 bridgehead atoms. The number of piperidine rings is 1. The first-order valence-electron chi connectivity index (χ1n) is 10.4. The minimum absolute atomic E-state index is 0.0274. The number of rotatable bonds is 4. The molecule has 1 aliphatic carbocycles. The van der Waals surface area contributed by atoms with E-state index >= 15 is 0 Å². The molecule has 2 aromatic rings. The third kappa shape index (κ3) is 4.44. The molecule has 7 nitrogen and oxygen atoms in total. The van der Waals surface area contributed by atoms with Gasteiger partial charge in [-0.3, -0.25) is 14.6 Å². The van der Waals surface area contributed by atoms with E-state index in [0.717, 1.165) is 37.9 Å². The highest BCUT2D eigenvalue weighted by molar-refractivity contribution is 5.95. The molecule has 7 heteroatoms. The smallest absolute Gasteiger partial charge is 0.257 e. The number of hydrogen-bond donors (Lipinski definition) is 1. The SMILES string of the molecule is Cc1ncncc1C(=O)N1CCC[C@H](c2ccc(C(=O)NC3CCCC3)cn2)C1. The molecule has 1 atom stereocenters. The third-order valence-corrected chi connectivity index (χ3v) is 6.01. The van der Waals surface area contributed by atoms with Crippen molar-refractivity contribution in [2.75, 3.05) is 13.1 Å². The predicted octanol–water partition coefficient (Wildman–Crippen LogP) is 2.87. The van der Waals surface area contributed by atoms with E-state index in [4.69, 9.17) is 0 Å². The van der Waals surface area contributed by atoms with Crippen molar-refractivity contribution >= 4 is 11.8 Å². The monoisotopic (exact) mass is 393 g/mol. The highest BCUT2D eigenvalue weighted by atomic mass is 16.2. The lowest BCUT2D eigenvalue weighted by molar-refractivity contribution is 0.0704. The minimum atomic E-state index is -0.0454. The number of hydrogen-bond acceptors (Lipinski definition) is 5. The van der Waals surface area contributed by atoms with Gasteiger partial charge in [-0.25, -0.2) is 9.97 Å². The Hall–Kier alpha value is -2.83. The Morgan fingerprint density at radius 1 is 1.07 bits per heavy atom. The summed E-state index contributed by atoms with van der Waals surface area (Å²) in [5, 5.41) is 3.10. The lowest BCUT2D eigenvalue weighted by Gasteiger charge is -2.32. The highest BCUT2D eigenvalue weighted by Crippen LogP contribution is 2.27. The topological polar surface area (TPSA) is 88.1 Å². The van der Waals surface area contributed by atoms with E-state index in [9.17, 15) is 9.59 Å². The quantitative estimate of drug-likeness (QED) is 0.863. The Kier molecular flexibility index (Phi) is 5.83. The van der Waals surface area contributed by atoms with Gasteiger partial charge >= 0.3 is 0 Å². The average Bonchev–Trinajstić information content (AvgIpc) is 3.27. The molecule has 0 spiro atoms. The first kappa shape index (κ1) is 19.5. The van der Waals surface area contributed by atoms with Gasteiger partial charge in [0.05, 0.1) is 16.8 Å². The molecule has 1 aliphatic heterocycles. The van der Waals surface area contributed by atoms with Gasteiger partial charge in [-0.1, -0.05) is 12.8 Å². The average molecular weight is 393 g/mol. The first-order valence-corrected chi connectivity index (χ1v) is 10.4. The molecule has 2 aliphatic rings. The van der Waals surface area contributed by atoms with Crippen LogP contribution in [-0.2, 0) is 0 Å². The number of nitrogens with zero attached hydrogens (tertiary/aromatic N) is 4. The van der Waals surface area contributed by atoms with E-state index in [0.29, 0.717) is 29.4 Å². The molecule has 3 heterocycles. The van der Waals surface area contributed by atoms with Crippen molar-refractivity contribution in [3.8, 4) is 0 Å². The maximum absolute atomic E-state index is 12.9. The number of pyridine rings is 1. The molecular weight excluding hydrogens is 366 g/mol. The Bertz CT molecular complexity index is 877. The summed E-state index contributed by atoms with van der Waals surface area (Å²) in [7, 11) is 0. The zero-order valence-electron chi connectivity index (χ0n) is 16.8. The second kappa shape index (κ2) is 8.68. The summed E-state index contributed by atoms with van der Waals surface area (Å²) < 4.78 is 0. The molecule has 0 unspecified atom stereocenters. The zero-order chi connectivity index (χ0) is 20.2. The number of carbonyl (C=O) groups excluding carboxylic acids is 2. The van der Waals surface area contributed by atoms with Crippen molar-refractivity contribution in [3.05, 3.63) is 53.4 Å². The van der Waals surface area contributed by atoms with Crippen LogP contribution in [0.2, 0.25) is 0 Å². The van der Waals surface area contributed by atoms with Crippen LogP contribution in [-0.4, -0.2) is 50.8 Å². The van der Waals surface area contributed by atoms with E-state index in [1.165, 1.54) is 19.2 Å². The minimum Gasteiger partial charge on any atom is -0.349 e. The standard InChI is InChI=1S/C22H27N5O2/c1-15-19(12-23-14-25-15)22(29)27-10-4-5-17(13-27)20-9-8-16(11-24-20)21(28)26-18-6-2-3-7-18/h8-9,11-12,14,17-18H,2-7,10,13H2,1H3,(H,26,28)/t17-/m0/s1. The van der Waals surface area contributed by atoms with Gasteiger partial charge in [0.2, 0.25) is 0 Å². The third-order valence-electron chi connectivity index (χ3n) is 6.01. The lowest BCUT2D eigenvalue weighted by atomic mass is 9.93. The van der Waals surface area contributed by atoms with Crippen LogP contribution in [0.1, 0.15) is 76.5 Å². The van der Waals surface area contributed by atoms with Gasteiger partial charge in [-0.05, 0) is 44.7 Å². The van der Waals surface area contributed by atoms with Gasteiger partial charge in [0.25, 0.3) is 11.8 Å². The zero-order valence-corrected chi connectivity index (χ0v) is 16.8. The van der Waals surface area contributed by atoms with Crippen molar-refractivity contribution in [2.24, 2.45) is 0 Å². The van der Waals surface area contributed by atoms with Crippen LogP contribution >= 0.6 is 0 Å². The first-order chi connectivity index (χ1) is 14.1. The van der Waals surface area contributed by atoms with E-state index in [1.807, 2.05) is 24.0 Å². The largest absolute Gasteiger partial charge is 0.349 e. The molecule has 1 saturated carbocycles. The van der Waals surface area contributed by atoms with Crippen LogP contribution < -0.4 is 5.32 Å². The van der Waals surface area contributed by atoms with Crippen molar-refractivity contribution in [2.45, 2.75) is 57.4 Å². The molecule has 2 amide bonds. The van der Waals surface area contributed by atoms with Gasteiger partial charge in [0, 0.05) is 43.1 Å². The van der Waals surface area contributed by atoms with Gasteiger partial charge in [0.1, 0.15) is 6.33 Å². The van der Waals surface area contributed by atoms with E-state index < -0.39 is 0 Å². The number of aryl methyl sites for hydroxylation is 1. The lowest BCUT2D eigenvalue weighted by Crippen LogP contribution is -2.39. The number of nitrogens with one attached hydrogen (secondary N) is 1. The molecule has 0 aromatic carbocycles. The molecular formula is C22H27N5O2. The summed E-state index contributed by atoms with van der Waals surface area (Å²) >= 11 is 0. The van der Waals surface area contributed by atoms with Gasteiger partial charge in [0.15, 0.2) is 0 Å². The predicted molar refractivity (Wildman–Crippen MR) is 109 cm³/mol. The Balaban J connectivity index is 1.41. The van der Waals surface area contributed by atoms with Crippen molar-refractivity contribution in [3.63, 3.8) is 0 Å². The normalized spacial score (nSPS) is 19.9. The molecule has 1 saturated heterocycles. The molecule has 0 radical (unpaired) electrons. The second-order valence-electron chi connectivity index (χ2n) is 8.04. The number of amides is 2. The van der Waals surface area contributed by atoms with Crippen molar-refractivity contribution in [1.82, 2.24) is 25.2 Å². The summed E-state index contributed by atoms with van der Waals surface area (Å²) in [6, 6.07) is 4.08. The summed E-state index contributed by atoms with van der Waals surface area (Å²) in [6.45, 7) is 3.17. The molecule has 29 heavy (non-hydrogen) atoms. The Morgan fingerprint density at radius 2 is 1.90 bits per heavy atom. The van der Waals surface area contributed by atoms with Crippen LogP contribution in [0.3, 0.4) is 0 Å². The number of carbonyl (C=O) groups is 2. The van der Waals surface area contributed by atoms with Crippen LogP contribution in [0.15, 0.2) is 30.9 Å². The van der Waals surface area contributed by atoms with Gasteiger partial charge < -0.3 is 10.2 Å². The van der Waals surface area contributed by atoms with Crippen molar-refractivity contribution < 1.29 is 9.59 Å². The van der Waals surface area contributed by atoms with Gasteiger partial charge in [-0.15, -0.1) is 0 Å². The van der Waals surface area contributed by atoms with Gasteiger partial charge in [-0.2, -0.15) is 0 Å². The maximum atomic E-state index is 12.9.